The van der Waals surface area contributed by atoms with Gasteiger partial charge in [-0.25, -0.2) is 4.68 Å². The first-order valence-corrected chi connectivity index (χ1v) is 12.0. The van der Waals surface area contributed by atoms with Crippen molar-refractivity contribution in [2.45, 2.75) is 39.2 Å². The molecule has 0 fully saturated rings. The molecular formula is C28H27Cl2N3O. The Kier molecular flexibility index (Phi) is 7.40. The summed E-state index contributed by atoms with van der Waals surface area (Å²) < 4.78 is 1.85. The lowest BCUT2D eigenvalue weighted by Crippen LogP contribution is -2.38. The second kappa shape index (κ2) is 10.5. The zero-order valence-corrected chi connectivity index (χ0v) is 20.9. The Balaban J connectivity index is 1.57. The van der Waals surface area contributed by atoms with Gasteiger partial charge in [0.15, 0.2) is 0 Å². The van der Waals surface area contributed by atoms with Crippen molar-refractivity contribution in [1.29, 1.82) is 0 Å². The van der Waals surface area contributed by atoms with Crippen LogP contribution in [0.2, 0.25) is 10.0 Å². The summed E-state index contributed by atoms with van der Waals surface area (Å²) in [6.45, 7) is 6.00. The van der Waals surface area contributed by atoms with Crippen LogP contribution in [0.3, 0.4) is 0 Å². The minimum atomic E-state index is -0.123. The van der Waals surface area contributed by atoms with Crippen molar-refractivity contribution in [2.75, 3.05) is 0 Å². The predicted molar refractivity (Wildman–Crippen MR) is 139 cm³/mol. The predicted octanol–water partition coefficient (Wildman–Crippen LogP) is 6.94. The van der Waals surface area contributed by atoms with Crippen LogP contribution in [0.5, 0.6) is 0 Å². The maximum absolute atomic E-state index is 13.2. The molecule has 0 saturated carbocycles. The molecule has 6 heteroatoms. The van der Waals surface area contributed by atoms with Gasteiger partial charge in [-0.15, -0.1) is 0 Å². The molecule has 0 aliphatic carbocycles. The molecule has 0 radical (unpaired) electrons. The molecular weight excluding hydrogens is 465 g/mol. The fourth-order valence-corrected chi connectivity index (χ4v) is 4.48. The van der Waals surface area contributed by atoms with Gasteiger partial charge in [0.1, 0.15) is 0 Å². The Morgan fingerprint density at radius 3 is 2.21 bits per heavy atom. The zero-order valence-electron chi connectivity index (χ0n) is 19.4. The Bertz CT molecular complexity index is 1280. The van der Waals surface area contributed by atoms with Gasteiger partial charge in [0.05, 0.1) is 11.4 Å². The average molecular weight is 492 g/mol. The molecule has 0 unspecified atom stereocenters. The van der Waals surface area contributed by atoms with Gasteiger partial charge in [0.2, 0.25) is 0 Å². The maximum atomic E-state index is 13.2. The van der Waals surface area contributed by atoms with Crippen LogP contribution in [0, 0.1) is 13.8 Å². The third kappa shape index (κ3) is 5.69. The van der Waals surface area contributed by atoms with Crippen molar-refractivity contribution in [3.05, 3.63) is 117 Å². The molecule has 3 aromatic carbocycles. The smallest absolute Gasteiger partial charge is 0.251 e. The van der Waals surface area contributed by atoms with Crippen molar-refractivity contribution >= 4 is 29.1 Å². The highest BCUT2D eigenvalue weighted by Crippen LogP contribution is 2.27. The summed E-state index contributed by atoms with van der Waals surface area (Å²) in [5.41, 5.74) is 5.68. The summed E-state index contributed by atoms with van der Waals surface area (Å²) in [6.07, 6.45) is 0.756. The molecule has 2 atom stereocenters. The molecule has 4 nitrogen and oxygen atoms in total. The Labute approximate surface area is 210 Å². The number of aryl methyl sites for hydroxylation is 2. The summed E-state index contributed by atoms with van der Waals surface area (Å²) in [6, 6.07) is 25.1. The van der Waals surface area contributed by atoms with Gasteiger partial charge in [0.25, 0.3) is 5.91 Å². The molecule has 1 heterocycles. The molecule has 0 aliphatic rings. The van der Waals surface area contributed by atoms with E-state index in [1.165, 1.54) is 0 Å². The summed E-state index contributed by atoms with van der Waals surface area (Å²) in [7, 11) is 0. The lowest BCUT2D eigenvalue weighted by atomic mass is 9.86. The summed E-state index contributed by atoms with van der Waals surface area (Å²) in [5.74, 6) is -0.0625. The Morgan fingerprint density at radius 2 is 1.59 bits per heavy atom. The van der Waals surface area contributed by atoms with Gasteiger partial charge in [-0.05, 0) is 86.8 Å². The van der Waals surface area contributed by atoms with E-state index in [-0.39, 0.29) is 17.9 Å². The van der Waals surface area contributed by atoms with Crippen LogP contribution < -0.4 is 5.32 Å². The monoisotopic (exact) mass is 491 g/mol. The first-order chi connectivity index (χ1) is 16.3. The van der Waals surface area contributed by atoms with E-state index >= 15 is 0 Å². The fraction of sp³-hybridized carbons (Fsp3) is 0.214. The van der Waals surface area contributed by atoms with E-state index in [2.05, 4.69) is 10.4 Å². The molecule has 0 spiro atoms. The van der Waals surface area contributed by atoms with E-state index in [9.17, 15) is 4.79 Å². The molecule has 0 bridgehead atoms. The number of amides is 1. The summed E-state index contributed by atoms with van der Waals surface area (Å²) >= 11 is 12.2. The van der Waals surface area contributed by atoms with Crippen LogP contribution in [0.1, 0.15) is 45.7 Å². The molecule has 0 aliphatic heterocycles. The average Bonchev–Trinajstić information content (AvgIpc) is 3.17. The van der Waals surface area contributed by atoms with Gasteiger partial charge in [-0.2, -0.15) is 5.10 Å². The van der Waals surface area contributed by atoms with Crippen LogP contribution in [0.15, 0.2) is 78.9 Å². The molecule has 1 aromatic heterocycles. The van der Waals surface area contributed by atoms with Gasteiger partial charge >= 0.3 is 0 Å². The van der Waals surface area contributed by atoms with Gasteiger partial charge in [0, 0.05) is 33.3 Å². The number of aromatic nitrogens is 2. The highest BCUT2D eigenvalue weighted by atomic mass is 35.5. The topological polar surface area (TPSA) is 46.9 Å². The van der Waals surface area contributed by atoms with E-state index in [1.54, 1.807) is 0 Å². The minimum absolute atomic E-state index is 0.0570. The van der Waals surface area contributed by atoms with Crippen LogP contribution in [0.4, 0.5) is 0 Å². The van der Waals surface area contributed by atoms with Gasteiger partial charge < -0.3 is 5.32 Å². The van der Waals surface area contributed by atoms with Crippen LogP contribution in [-0.2, 0) is 6.42 Å². The molecule has 34 heavy (non-hydrogen) atoms. The van der Waals surface area contributed by atoms with Crippen molar-refractivity contribution in [3.63, 3.8) is 0 Å². The van der Waals surface area contributed by atoms with Crippen molar-refractivity contribution in [1.82, 2.24) is 15.1 Å². The molecule has 174 valence electrons. The van der Waals surface area contributed by atoms with Crippen molar-refractivity contribution in [3.8, 4) is 5.69 Å². The number of halogens is 2. The lowest BCUT2D eigenvalue weighted by Gasteiger charge is -2.26. The van der Waals surface area contributed by atoms with Crippen LogP contribution in [0.25, 0.3) is 5.69 Å². The quantitative estimate of drug-likeness (QED) is 0.304. The van der Waals surface area contributed by atoms with Crippen molar-refractivity contribution in [2.24, 2.45) is 0 Å². The number of nitrogens with one attached hydrogen (secondary N) is 1. The van der Waals surface area contributed by atoms with E-state index in [1.807, 2.05) is 104 Å². The number of carbonyl (C=O) groups is 1. The number of benzene rings is 3. The second-order valence-electron chi connectivity index (χ2n) is 8.64. The molecule has 4 aromatic rings. The Morgan fingerprint density at radius 1 is 0.941 bits per heavy atom. The largest absolute Gasteiger partial charge is 0.349 e. The van der Waals surface area contributed by atoms with Gasteiger partial charge in [-0.3, -0.25) is 4.79 Å². The molecule has 4 rings (SSSR count). The highest BCUT2D eigenvalue weighted by molar-refractivity contribution is 6.30. The Hall–Kier alpha value is -3.08. The maximum Gasteiger partial charge on any atom is 0.251 e. The van der Waals surface area contributed by atoms with Crippen LogP contribution >= 0.6 is 23.2 Å². The van der Waals surface area contributed by atoms with E-state index in [0.29, 0.717) is 15.6 Å². The highest BCUT2D eigenvalue weighted by Gasteiger charge is 2.22. The fourth-order valence-electron chi connectivity index (χ4n) is 4.23. The van der Waals surface area contributed by atoms with Gasteiger partial charge in [-0.1, -0.05) is 53.5 Å². The SMILES string of the molecule is Cc1cc(C)n(-c2cccc(C(=O)N[C@H](C)[C@H](Cc3ccc(Cl)cc3)c3ccc(Cl)cc3)c2)n1. The number of hydrogen-bond acceptors (Lipinski definition) is 2. The zero-order chi connectivity index (χ0) is 24.2. The minimum Gasteiger partial charge on any atom is -0.349 e. The normalized spacial score (nSPS) is 12.9. The standard InChI is InChI=1S/C28H27Cl2N3O/c1-18-15-19(2)33(32-18)26-6-4-5-23(17-26)28(34)31-20(3)27(22-9-13-25(30)14-10-22)16-21-7-11-24(29)12-8-21/h4-15,17,20,27H,16H2,1-3H3,(H,31,34)/t20-,27+/m1/s1. The third-order valence-electron chi connectivity index (χ3n) is 5.99. The third-order valence-corrected chi connectivity index (χ3v) is 6.50. The number of hydrogen-bond donors (Lipinski definition) is 1. The molecule has 1 N–H and O–H groups in total. The van der Waals surface area contributed by atoms with E-state index < -0.39 is 0 Å². The van der Waals surface area contributed by atoms with E-state index in [0.717, 1.165) is 34.6 Å². The summed E-state index contributed by atoms with van der Waals surface area (Å²) in [5, 5.41) is 9.14. The van der Waals surface area contributed by atoms with E-state index in [4.69, 9.17) is 23.2 Å². The summed E-state index contributed by atoms with van der Waals surface area (Å²) in [4.78, 5) is 13.2. The van der Waals surface area contributed by atoms with Crippen molar-refractivity contribution < 1.29 is 4.79 Å². The molecule has 1 amide bonds. The second-order valence-corrected chi connectivity index (χ2v) is 9.51. The first kappa shape index (κ1) is 24.1. The van der Waals surface area contributed by atoms with Crippen LogP contribution in [-0.4, -0.2) is 21.7 Å². The number of rotatable bonds is 7. The first-order valence-electron chi connectivity index (χ1n) is 11.2. The number of carbonyl (C=O) groups excluding carboxylic acids is 1. The molecule has 0 saturated heterocycles. The number of nitrogens with zero attached hydrogens (tertiary/aromatic N) is 2. The lowest BCUT2D eigenvalue weighted by molar-refractivity contribution is 0.0934.